The van der Waals surface area contributed by atoms with Crippen LogP contribution in [0.4, 0.5) is 11.4 Å². The summed E-state index contributed by atoms with van der Waals surface area (Å²) in [6.07, 6.45) is 0. The summed E-state index contributed by atoms with van der Waals surface area (Å²) in [6.45, 7) is 6.96. The zero-order valence-electron chi connectivity index (χ0n) is 14.2. The first-order chi connectivity index (χ1) is 11.6. The number of nitrogens with zero attached hydrogens (tertiary/aromatic N) is 2. The second kappa shape index (κ2) is 7.78. The van der Waals surface area contributed by atoms with Crippen molar-refractivity contribution in [2.75, 3.05) is 42.9 Å². The lowest BCUT2D eigenvalue weighted by Crippen LogP contribution is -2.50. The van der Waals surface area contributed by atoms with Crippen LogP contribution >= 0.6 is 23.2 Å². The lowest BCUT2D eigenvalue weighted by Gasteiger charge is -2.39. The SMILES string of the molecule is CC(C)(O)CN1CCN(c2cc(Cl)c(Cl)cc2NC(=O)C(N)=O)CC1. The minimum Gasteiger partial charge on any atom is -0.389 e. The van der Waals surface area contributed by atoms with Gasteiger partial charge in [-0.1, -0.05) is 23.2 Å². The average Bonchev–Trinajstić information content (AvgIpc) is 2.50. The molecule has 0 saturated carbocycles. The highest BCUT2D eigenvalue weighted by Crippen LogP contribution is 2.35. The fraction of sp³-hybridized carbons (Fsp3) is 0.500. The van der Waals surface area contributed by atoms with Crippen molar-refractivity contribution in [3.8, 4) is 0 Å². The predicted octanol–water partition coefficient (Wildman–Crippen LogP) is 1.31. The van der Waals surface area contributed by atoms with Gasteiger partial charge in [-0.3, -0.25) is 14.5 Å². The smallest absolute Gasteiger partial charge is 0.313 e. The first-order valence-corrected chi connectivity index (χ1v) is 8.62. The molecule has 4 N–H and O–H groups in total. The van der Waals surface area contributed by atoms with E-state index in [0.717, 1.165) is 13.1 Å². The highest BCUT2D eigenvalue weighted by Gasteiger charge is 2.25. The Morgan fingerprint density at radius 2 is 1.76 bits per heavy atom. The van der Waals surface area contributed by atoms with Crippen molar-refractivity contribution in [1.82, 2.24) is 4.90 Å². The molecule has 0 aliphatic carbocycles. The number of amides is 2. The van der Waals surface area contributed by atoms with Crippen molar-refractivity contribution in [2.45, 2.75) is 19.4 Å². The largest absolute Gasteiger partial charge is 0.389 e. The topological polar surface area (TPSA) is 98.9 Å². The van der Waals surface area contributed by atoms with Gasteiger partial charge in [0.2, 0.25) is 0 Å². The Labute approximate surface area is 156 Å². The molecule has 1 aromatic rings. The summed E-state index contributed by atoms with van der Waals surface area (Å²) >= 11 is 12.1. The van der Waals surface area contributed by atoms with Gasteiger partial charge in [0.05, 0.1) is 27.0 Å². The van der Waals surface area contributed by atoms with E-state index < -0.39 is 17.4 Å². The molecule has 1 heterocycles. The number of hydrogen-bond acceptors (Lipinski definition) is 5. The van der Waals surface area contributed by atoms with Crippen molar-refractivity contribution in [3.63, 3.8) is 0 Å². The maximum atomic E-state index is 11.6. The molecule has 9 heteroatoms. The van der Waals surface area contributed by atoms with Gasteiger partial charge in [0.15, 0.2) is 0 Å². The molecular formula is C16H22Cl2N4O3. The average molecular weight is 389 g/mol. The number of anilines is 2. The molecule has 1 aromatic carbocycles. The number of nitrogens with one attached hydrogen (secondary N) is 1. The first kappa shape index (κ1) is 19.8. The van der Waals surface area contributed by atoms with Gasteiger partial charge in [-0.05, 0) is 26.0 Å². The Bertz CT molecular complexity index is 668. The van der Waals surface area contributed by atoms with Gasteiger partial charge in [-0.2, -0.15) is 0 Å². The number of rotatable bonds is 4. The summed E-state index contributed by atoms with van der Waals surface area (Å²) in [5.41, 5.74) is 5.30. The highest BCUT2D eigenvalue weighted by molar-refractivity contribution is 6.43. The maximum Gasteiger partial charge on any atom is 0.313 e. The van der Waals surface area contributed by atoms with Crippen LogP contribution in [-0.2, 0) is 9.59 Å². The number of nitrogens with two attached hydrogens (primary N) is 1. The van der Waals surface area contributed by atoms with Crippen LogP contribution in [0.5, 0.6) is 0 Å². The molecule has 1 fully saturated rings. The van der Waals surface area contributed by atoms with Crippen LogP contribution in [0, 0.1) is 0 Å². The van der Waals surface area contributed by atoms with E-state index in [4.69, 9.17) is 28.9 Å². The van der Waals surface area contributed by atoms with Crippen LogP contribution in [0.3, 0.4) is 0 Å². The number of β-amino-alcohol motifs (C(OH)–C–C–N with tert-alkyl or cyclic N) is 1. The Morgan fingerprint density at radius 1 is 1.20 bits per heavy atom. The van der Waals surface area contributed by atoms with Gasteiger partial charge < -0.3 is 21.1 Å². The minimum absolute atomic E-state index is 0.269. The van der Waals surface area contributed by atoms with Crippen LogP contribution in [0.15, 0.2) is 12.1 Å². The Kier molecular flexibility index (Phi) is 6.16. The number of primary amides is 1. The fourth-order valence-corrected chi connectivity index (χ4v) is 3.10. The monoisotopic (exact) mass is 388 g/mol. The number of aliphatic hydroxyl groups is 1. The second-order valence-corrected chi connectivity index (χ2v) is 7.49. The zero-order chi connectivity index (χ0) is 18.8. The molecule has 0 aromatic heterocycles. The molecule has 2 amide bonds. The number of halogens is 2. The standard InChI is InChI=1S/C16H22Cl2N4O3/c1-16(2,25)9-21-3-5-22(6-4-21)13-8-11(18)10(17)7-12(13)20-15(24)14(19)23/h7-8,25H,3-6,9H2,1-2H3,(H2,19,23)(H,20,24). The minimum atomic E-state index is -1.08. The van der Waals surface area contributed by atoms with Crippen LogP contribution in [-0.4, -0.2) is 60.1 Å². The van der Waals surface area contributed by atoms with Gasteiger partial charge in [-0.15, -0.1) is 0 Å². The first-order valence-electron chi connectivity index (χ1n) is 7.86. The van der Waals surface area contributed by atoms with E-state index in [1.165, 1.54) is 6.07 Å². The van der Waals surface area contributed by atoms with E-state index in [1.54, 1.807) is 19.9 Å². The van der Waals surface area contributed by atoms with Gasteiger partial charge in [0, 0.05) is 32.7 Å². The normalized spacial score (nSPS) is 16.0. The molecule has 1 aliphatic heterocycles. The summed E-state index contributed by atoms with van der Waals surface area (Å²) in [7, 11) is 0. The summed E-state index contributed by atoms with van der Waals surface area (Å²) in [4.78, 5) is 26.9. The Hall–Kier alpha value is -1.54. The zero-order valence-corrected chi connectivity index (χ0v) is 15.7. The maximum absolute atomic E-state index is 11.6. The molecule has 0 atom stereocenters. The van der Waals surface area contributed by atoms with E-state index in [9.17, 15) is 14.7 Å². The molecule has 138 valence electrons. The van der Waals surface area contributed by atoms with Crippen LogP contribution in [0.25, 0.3) is 0 Å². The fourth-order valence-electron chi connectivity index (χ4n) is 2.78. The van der Waals surface area contributed by atoms with Crippen LogP contribution in [0.1, 0.15) is 13.8 Å². The van der Waals surface area contributed by atoms with Crippen molar-refractivity contribution in [3.05, 3.63) is 22.2 Å². The quantitative estimate of drug-likeness (QED) is 0.675. The third kappa shape index (κ3) is 5.47. The molecule has 7 nitrogen and oxygen atoms in total. The lowest BCUT2D eigenvalue weighted by atomic mass is 10.1. The molecular weight excluding hydrogens is 367 g/mol. The molecule has 0 unspecified atom stereocenters. The van der Waals surface area contributed by atoms with E-state index in [2.05, 4.69) is 10.2 Å². The van der Waals surface area contributed by atoms with Crippen LogP contribution < -0.4 is 16.0 Å². The Morgan fingerprint density at radius 3 is 2.28 bits per heavy atom. The predicted molar refractivity (Wildman–Crippen MR) is 99.2 cm³/mol. The summed E-state index contributed by atoms with van der Waals surface area (Å²) in [5.74, 6) is -1.99. The molecule has 1 aliphatic rings. The highest BCUT2D eigenvalue weighted by atomic mass is 35.5. The third-order valence-corrected chi connectivity index (χ3v) is 4.56. The van der Waals surface area contributed by atoms with Gasteiger partial charge >= 0.3 is 11.8 Å². The van der Waals surface area contributed by atoms with E-state index in [0.29, 0.717) is 36.0 Å². The number of carbonyl (C=O) groups is 2. The lowest BCUT2D eigenvalue weighted by molar-refractivity contribution is -0.134. The molecule has 2 rings (SSSR count). The molecule has 25 heavy (non-hydrogen) atoms. The number of benzene rings is 1. The molecule has 0 radical (unpaired) electrons. The van der Waals surface area contributed by atoms with Crippen molar-refractivity contribution in [2.24, 2.45) is 5.73 Å². The van der Waals surface area contributed by atoms with E-state index in [1.807, 2.05) is 4.90 Å². The van der Waals surface area contributed by atoms with Crippen molar-refractivity contribution >= 4 is 46.4 Å². The number of hydrogen-bond donors (Lipinski definition) is 3. The molecule has 0 spiro atoms. The van der Waals surface area contributed by atoms with E-state index >= 15 is 0 Å². The van der Waals surface area contributed by atoms with Crippen LogP contribution in [0.2, 0.25) is 10.0 Å². The molecule has 1 saturated heterocycles. The van der Waals surface area contributed by atoms with Gasteiger partial charge in [-0.25, -0.2) is 0 Å². The summed E-state index contributed by atoms with van der Waals surface area (Å²) in [6, 6.07) is 3.16. The van der Waals surface area contributed by atoms with Gasteiger partial charge in [0.25, 0.3) is 0 Å². The number of piperazine rings is 1. The van der Waals surface area contributed by atoms with Gasteiger partial charge in [0.1, 0.15) is 0 Å². The Balaban J connectivity index is 2.17. The number of carbonyl (C=O) groups excluding carboxylic acids is 2. The van der Waals surface area contributed by atoms with Crippen molar-refractivity contribution < 1.29 is 14.7 Å². The van der Waals surface area contributed by atoms with Crippen molar-refractivity contribution in [1.29, 1.82) is 0 Å². The summed E-state index contributed by atoms with van der Waals surface area (Å²) in [5, 5.41) is 13.0. The second-order valence-electron chi connectivity index (χ2n) is 6.68. The van der Waals surface area contributed by atoms with E-state index in [-0.39, 0.29) is 5.02 Å². The third-order valence-electron chi connectivity index (χ3n) is 3.83. The molecule has 0 bridgehead atoms. The summed E-state index contributed by atoms with van der Waals surface area (Å²) < 4.78 is 0.